The number of fused-ring (bicyclic) bond motifs is 1. The highest BCUT2D eigenvalue weighted by Gasteiger charge is 2.31. The number of carbonyl (C=O) groups excluding carboxylic acids is 1. The van der Waals surface area contributed by atoms with E-state index in [1.165, 1.54) is 0 Å². The van der Waals surface area contributed by atoms with E-state index in [-0.39, 0.29) is 12.0 Å². The van der Waals surface area contributed by atoms with Gasteiger partial charge in [-0.25, -0.2) is 4.98 Å². The minimum absolute atomic E-state index is 0.170. The molecule has 0 radical (unpaired) electrons. The van der Waals surface area contributed by atoms with Crippen molar-refractivity contribution in [3.8, 4) is 17.2 Å². The lowest BCUT2D eigenvalue weighted by atomic mass is 10.1. The lowest BCUT2D eigenvalue weighted by Crippen LogP contribution is -2.25. The molecule has 0 aliphatic carbocycles. The zero-order valence-corrected chi connectivity index (χ0v) is 21.5. The van der Waals surface area contributed by atoms with E-state index >= 15 is 0 Å². The van der Waals surface area contributed by atoms with Crippen molar-refractivity contribution < 1.29 is 24.1 Å². The van der Waals surface area contributed by atoms with Gasteiger partial charge < -0.3 is 30.1 Å². The van der Waals surface area contributed by atoms with Crippen LogP contribution >= 0.6 is 0 Å². The van der Waals surface area contributed by atoms with Gasteiger partial charge in [-0.05, 0) is 35.9 Å². The van der Waals surface area contributed by atoms with Gasteiger partial charge in [0.15, 0.2) is 11.5 Å². The van der Waals surface area contributed by atoms with E-state index in [0.717, 1.165) is 16.5 Å². The molecule has 1 amide bonds. The van der Waals surface area contributed by atoms with Gasteiger partial charge in [0, 0.05) is 69.3 Å². The molecule has 0 saturated carbocycles. The molecule has 3 heterocycles. The number of benzene rings is 2. The van der Waals surface area contributed by atoms with Crippen LogP contribution in [0.2, 0.25) is 0 Å². The molecule has 38 heavy (non-hydrogen) atoms. The first-order chi connectivity index (χ1) is 18.5. The Balaban J connectivity index is 1.24. The molecule has 2 aromatic heterocycles. The minimum Gasteiger partial charge on any atom is -0.493 e. The van der Waals surface area contributed by atoms with Crippen molar-refractivity contribution in [2.24, 2.45) is 0 Å². The number of ether oxygens (including phenoxy) is 3. The van der Waals surface area contributed by atoms with E-state index in [2.05, 4.69) is 20.6 Å². The summed E-state index contributed by atoms with van der Waals surface area (Å²) in [6.45, 7) is 1.91. The van der Waals surface area contributed by atoms with Gasteiger partial charge in [0.1, 0.15) is 11.6 Å². The maximum Gasteiger partial charge on any atom is 0.256 e. The number of likely N-dealkylation sites (tertiary alicyclic amines) is 1. The van der Waals surface area contributed by atoms with Gasteiger partial charge in [-0.3, -0.25) is 14.4 Å². The number of aliphatic hydroxyl groups is 1. The zero-order chi connectivity index (χ0) is 26.6. The number of aromatic nitrogens is 2. The Labute approximate surface area is 220 Å². The lowest BCUT2D eigenvalue weighted by molar-refractivity contribution is 0.0215. The Morgan fingerprint density at radius 3 is 2.61 bits per heavy atom. The molecule has 0 spiro atoms. The number of nitrogens with one attached hydrogen (secondary N) is 2. The number of anilines is 1. The van der Waals surface area contributed by atoms with Crippen molar-refractivity contribution in [3.05, 3.63) is 78.1 Å². The van der Waals surface area contributed by atoms with Crippen molar-refractivity contribution in [2.75, 3.05) is 45.1 Å². The number of hydrogen-bond acceptors (Lipinski definition) is 8. The van der Waals surface area contributed by atoms with Crippen molar-refractivity contribution in [2.45, 2.75) is 18.8 Å². The van der Waals surface area contributed by atoms with Gasteiger partial charge in [0.2, 0.25) is 0 Å². The minimum atomic E-state index is -0.485. The van der Waals surface area contributed by atoms with Crippen molar-refractivity contribution in [3.63, 3.8) is 0 Å². The highest BCUT2D eigenvalue weighted by molar-refractivity contribution is 6.03. The molecule has 1 saturated heterocycles. The first-order valence-electron chi connectivity index (χ1n) is 12.3. The van der Waals surface area contributed by atoms with Crippen LogP contribution in [-0.2, 0) is 11.3 Å². The zero-order valence-electron chi connectivity index (χ0n) is 21.5. The van der Waals surface area contributed by atoms with E-state index in [1.54, 1.807) is 44.7 Å². The third kappa shape index (κ3) is 5.42. The number of nitrogens with zero attached hydrogens (tertiary/aromatic N) is 3. The largest absolute Gasteiger partial charge is 0.493 e. The second-order valence-electron chi connectivity index (χ2n) is 9.14. The number of carbonyl (C=O) groups is 1. The average molecular weight is 518 g/mol. The molecule has 1 aliphatic heterocycles. The molecule has 198 valence electrons. The second-order valence-corrected chi connectivity index (χ2v) is 9.14. The summed E-state index contributed by atoms with van der Waals surface area (Å²) in [6, 6.07) is 16.6. The third-order valence-electron chi connectivity index (χ3n) is 6.65. The van der Waals surface area contributed by atoms with E-state index in [4.69, 9.17) is 14.2 Å². The summed E-state index contributed by atoms with van der Waals surface area (Å²) in [7, 11) is 5.05. The summed E-state index contributed by atoms with van der Waals surface area (Å²) in [5.74, 6) is 1.74. The van der Waals surface area contributed by atoms with Gasteiger partial charge in [-0.15, -0.1) is 0 Å². The van der Waals surface area contributed by atoms with Crippen LogP contribution in [0.5, 0.6) is 17.2 Å². The Morgan fingerprint density at radius 1 is 1.08 bits per heavy atom. The van der Waals surface area contributed by atoms with Gasteiger partial charge in [0.05, 0.1) is 24.8 Å². The van der Waals surface area contributed by atoms with E-state index in [9.17, 15) is 9.90 Å². The summed E-state index contributed by atoms with van der Waals surface area (Å²) >= 11 is 0. The molecule has 1 fully saturated rings. The second kappa shape index (κ2) is 11.1. The quantitative estimate of drug-likeness (QED) is 0.310. The van der Waals surface area contributed by atoms with E-state index in [1.807, 2.05) is 48.3 Å². The maximum absolute atomic E-state index is 12.9. The van der Waals surface area contributed by atoms with Crippen LogP contribution in [0.15, 0.2) is 67.0 Å². The van der Waals surface area contributed by atoms with Crippen molar-refractivity contribution >= 4 is 22.6 Å². The van der Waals surface area contributed by atoms with Crippen molar-refractivity contribution in [1.82, 2.24) is 14.6 Å². The first kappa shape index (κ1) is 25.5. The Bertz CT molecular complexity index is 1420. The molecule has 10 nitrogen and oxygen atoms in total. The summed E-state index contributed by atoms with van der Waals surface area (Å²) in [4.78, 5) is 19.3. The smallest absolute Gasteiger partial charge is 0.256 e. The van der Waals surface area contributed by atoms with E-state index < -0.39 is 6.10 Å². The molecule has 3 N–H and O–H groups in total. The van der Waals surface area contributed by atoms with Crippen LogP contribution in [0.3, 0.4) is 0 Å². The van der Waals surface area contributed by atoms with Crippen LogP contribution in [0.4, 0.5) is 5.82 Å². The number of hydrogen-bond donors (Lipinski definition) is 3. The van der Waals surface area contributed by atoms with Crippen LogP contribution in [0.25, 0.3) is 10.9 Å². The topological polar surface area (TPSA) is 110 Å². The first-order valence-corrected chi connectivity index (χ1v) is 12.3. The van der Waals surface area contributed by atoms with Crippen LogP contribution in [-0.4, -0.2) is 72.1 Å². The molecular formula is C28H31N5O5. The van der Waals surface area contributed by atoms with Crippen LogP contribution < -0.4 is 20.2 Å². The van der Waals surface area contributed by atoms with Gasteiger partial charge in [0.25, 0.3) is 5.91 Å². The fourth-order valence-corrected chi connectivity index (χ4v) is 4.65. The standard InChI is InChI=1S/C28H31N5O5/c1-29-33-11-9-20-12-25(24(36-2)14-22(20)33)38-21-8-10-30-27(13-21)31-28(35)19-6-4-18(5-7-19)15-32-16-23(34)26(17-32)37-3/h4-14,23,26,29,34H,15-17H2,1-3H3,(H,30,31,35)/t23-,26-/m0/s1. The lowest BCUT2D eigenvalue weighted by Gasteiger charge is -2.15. The molecule has 0 bridgehead atoms. The SMILES string of the molecule is CNn1ccc2cc(Oc3ccnc(NC(=O)c4ccc(CN5C[C@H](OC)[C@@H](O)C5)cc4)c3)c(OC)cc21. The van der Waals surface area contributed by atoms with Crippen molar-refractivity contribution in [1.29, 1.82) is 0 Å². The molecule has 5 rings (SSSR count). The average Bonchev–Trinajstić information content (AvgIpc) is 3.50. The highest BCUT2D eigenvalue weighted by Crippen LogP contribution is 2.36. The summed E-state index contributed by atoms with van der Waals surface area (Å²) in [5, 5.41) is 13.9. The molecule has 1 aliphatic rings. The molecule has 2 aromatic carbocycles. The van der Waals surface area contributed by atoms with Crippen LogP contribution in [0.1, 0.15) is 15.9 Å². The summed E-state index contributed by atoms with van der Waals surface area (Å²) in [5.41, 5.74) is 5.61. The number of methoxy groups -OCH3 is 2. The monoisotopic (exact) mass is 517 g/mol. The Hall–Kier alpha value is -4.12. The fourth-order valence-electron chi connectivity index (χ4n) is 4.65. The number of amides is 1. The summed E-state index contributed by atoms with van der Waals surface area (Å²) < 4.78 is 18.8. The Morgan fingerprint density at radius 2 is 1.89 bits per heavy atom. The van der Waals surface area contributed by atoms with Gasteiger partial charge in [-0.2, -0.15) is 0 Å². The normalized spacial score (nSPS) is 17.5. The molecule has 2 atom stereocenters. The predicted molar refractivity (Wildman–Crippen MR) is 145 cm³/mol. The molecule has 4 aromatic rings. The van der Waals surface area contributed by atoms with Gasteiger partial charge in [-0.1, -0.05) is 12.1 Å². The van der Waals surface area contributed by atoms with E-state index in [0.29, 0.717) is 48.3 Å². The van der Waals surface area contributed by atoms with Gasteiger partial charge >= 0.3 is 0 Å². The number of rotatable bonds is 9. The molecular weight excluding hydrogens is 486 g/mol. The number of pyridine rings is 1. The Kier molecular flexibility index (Phi) is 7.45. The molecule has 0 unspecified atom stereocenters. The van der Waals surface area contributed by atoms with Crippen LogP contribution in [0, 0.1) is 0 Å². The molecule has 10 heteroatoms. The predicted octanol–water partition coefficient (Wildman–Crippen LogP) is 3.45. The number of aliphatic hydroxyl groups excluding tert-OH is 1. The number of β-amino-alcohol motifs (C(OH)–C–C–N with tert-alkyl or cyclic N) is 1. The fraction of sp³-hybridized carbons (Fsp3) is 0.286. The maximum atomic E-state index is 12.9. The summed E-state index contributed by atoms with van der Waals surface area (Å²) in [6.07, 6.45) is 2.85. The third-order valence-corrected chi connectivity index (χ3v) is 6.65. The highest BCUT2D eigenvalue weighted by atomic mass is 16.5.